The van der Waals surface area contributed by atoms with Crippen molar-refractivity contribution in [2.45, 2.75) is 24.6 Å². The van der Waals surface area contributed by atoms with Gasteiger partial charge < -0.3 is 15.7 Å². The number of benzene rings is 1. The maximum atomic E-state index is 14.2. The largest absolute Gasteiger partial charge is 0.391 e. The summed E-state index contributed by atoms with van der Waals surface area (Å²) in [6.45, 7) is 0.963. The third-order valence-corrected chi connectivity index (χ3v) is 4.81. The molecule has 2 fully saturated rings. The van der Waals surface area contributed by atoms with Gasteiger partial charge in [-0.2, -0.15) is 5.10 Å². The Labute approximate surface area is 148 Å². The molecule has 1 aliphatic carbocycles. The highest BCUT2D eigenvalue weighted by molar-refractivity contribution is 5.98. The summed E-state index contributed by atoms with van der Waals surface area (Å²) < 4.78 is 15.8. The van der Waals surface area contributed by atoms with Crippen LogP contribution in [0.2, 0.25) is 0 Å². The van der Waals surface area contributed by atoms with Gasteiger partial charge in [-0.3, -0.25) is 14.4 Å². The summed E-state index contributed by atoms with van der Waals surface area (Å²) in [5, 5.41) is 19.5. The summed E-state index contributed by atoms with van der Waals surface area (Å²) in [6, 6.07) is 4.73. The average molecular weight is 359 g/mol. The molecule has 2 aromatic rings. The Morgan fingerprint density at radius 3 is 2.92 bits per heavy atom. The fourth-order valence-electron chi connectivity index (χ4n) is 3.39. The fraction of sp³-hybridized carbons (Fsp3) is 0.353. The van der Waals surface area contributed by atoms with E-state index in [-0.39, 0.29) is 23.7 Å². The Balaban J connectivity index is 1.52. The second-order valence-electron chi connectivity index (χ2n) is 6.41. The van der Waals surface area contributed by atoms with Crippen LogP contribution in [0.5, 0.6) is 0 Å². The van der Waals surface area contributed by atoms with Gasteiger partial charge in [-0.15, -0.1) is 0 Å². The van der Waals surface area contributed by atoms with Crippen molar-refractivity contribution in [3.63, 3.8) is 0 Å². The van der Waals surface area contributed by atoms with Crippen LogP contribution in [-0.2, 0) is 0 Å². The van der Waals surface area contributed by atoms with Crippen LogP contribution in [0.4, 0.5) is 14.9 Å². The summed E-state index contributed by atoms with van der Waals surface area (Å²) >= 11 is 0. The normalized spacial score (nSPS) is 24.9. The molecule has 26 heavy (non-hydrogen) atoms. The van der Waals surface area contributed by atoms with Crippen molar-refractivity contribution in [3.8, 4) is 0 Å². The second kappa shape index (κ2) is 6.41. The second-order valence-corrected chi connectivity index (χ2v) is 6.41. The molecule has 9 heteroatoms. The quantitative estimate of drug-likeness (QED) is 0.747. The number of nitrogens with zero attached hydrogens (tertiary/aromatic N) is 3. The maximum absolute atomic E-state index is 14.2. The van der Waals surface area contributed by atoms with E-state index >= 15 is 0 Å². The van der Waals surface area contributed by atoms with Gasteiger partial charge in [0.15, 0.2) is 0 Å². The Morgan fingerprint density at radius 1 is 1.42 bits per heavy atom. The van der Waals surface area contributed by atoms with Gasteiger partial charge >= 0.3 is 6.03 Å². The molecule has 2 aliphatic rings. The molecule has 8 nitrogen and oxygen atoms in total. The van der Waals surface area contributed by atoms with Gasteiger partial charge in [0.25, 0.3) is 5.91 Å². The van der Waals surface area contributed by atoms with Crippen molar-refractivity contribution in [2.75, 3.05) is 18.0 Å². The molecule has 0 radical (unpaired) electrons. The minimum Gasteiger partial charge on any atom is -0.391 e. The highest BCUT2D eigenvalue weighted by Gasteiger charge is 2.43. The number of aliphatic hydroxyl groups is 1. The first kappa shape index (κ1) is 16.5. The van der Waals surface area contributed by atoms with E-state index in [1.54, 1.807) is 23.1 Å². The fourth-order valence-corrected chi connectivity index (χ4v) is 3.39. The topological polar surface area (TPSA) is 99.5 Å². The summed E-state index contributed by atoms with van der Waals surface area (Å²) in [4.78, 5) is 25.8. The lowest BCUT2D eigenvalue weighted by Gasteiger charge is -2.41. The highest BCUT2D eigenvalue weighted by atomic mass is 19.1. The number of aromatic nitrogens is 2. The summed E-state index contributed by atoms with van der Waals surface area (Å²) in [6.07, 6.45) is 3.05. The van der Waals surface area contributed by atoms with Crippen molar-refractivity contribution >= 4 is 17.6 Å². The standard InChI is InChI=1S/C17H18FN5O3/c18-12-3-2-10(22-7-5-19-17(22)26)8-11(12)16(25)21-13-9-14(24)15(13)23-6-1-4-20-23/h1-4,6,8,13-15,24H,5,7,9H2,(H,19,26)(H,21,25)/t13-,14+,15+/m0/s1. The lowest BCUT2D eigenvalue weighted by Crippen LogP contribution is -2.56. The van der Waals surface area contributed by atoms with Crippen LogP contribution in [-0.4, -0.2) is 52.1 Å². The predicted molar refractivity (Wildman–Crippen MR) is 90.3 cm³/mol. The third-order valence-electron chi connectivity index (χ3n) is 4.81. The van der Waals surface area contributed by atoms with Crippen LogP contribution in [0.3, 0.4) is 0 Å². The lowest BCUT2D eigenvalue weighted by atomic mass is 9.83. The van der Waals surface area contributed by atoms with Crippen LogP contribution < -0.4 is 15.5 Å². The number of halogens is 1. The number of anilines is 1. The molecule has 1 aromatic heterocycles. The van der Waals surface area contributed by atoms with E-state index in [1.807, 2.05) is 0 Å². The molecule has 0 unspecified atom stereocenters. The number of carbonyl (C=O) groups is 2. The third kappa shape index (κ3) is 2.80. The molecular weight excluding hydrogens is 341 g/mol. The summed E-state index contributed by atoms with van der Waals surface area (Å²) in [5.41, 5.74) is 0.326. The van der Waals surface area contributed by atoms with Gasteiger partial charge in [0.2, 0.25) is 0 Å². The molecule has 4 rings (SSSR count). The van der Waals surface area contributed by atoms with Gasteiger partial charge in [0.1, 0.15) is 5.82 Å². The van der Waals surface area contributed by atoms with E-state index in [4.69, 9.17) is 0 Å². The van der Waals surface area contributed by atoms with E-state index in [9.17, 15) is 19.1 Å². The molecule has 1 aliphatic heterocycles. The molecule has 3 amide bonds. The molecule has 3 N–H and O–H groups in total. The van der Waals surface area contributed by atoms with Crippen molar-refractivity contribution in [3.05, 3.63) is 48.0 Å². The van der Waals surface area contributed by atoms with Gasteiger partial charge in [-0.25, -0.2) is 9.18 Å². The van der Waals surface area contributed by atoms with Crippen molar-refractivity contribution in [1.82, 2.24) is 20.4 Å². The first-order chi connectivity index (χ1) is 12.5. The maximum Gasteiger partial charge on any atom is 0.321 e. The minimum absolute atomic E-state index is 0.136. The first-order valence-electron chi connectivity index (χ1n) is 8.37. The molecule has 1 saturated carbocycles. The van der Waals surface area contributed by atoms with Gasteiger partial charge in [0.05, 0.1) is 23.8 Å². The van der Waals surface area contributed by atoms with E-state index < -0.39 is 17.8 Å². The van der Waals surface area contributed by atoms with Crippen LogP contribution >= 0.6 is 0 Å². The Bertz CT molecular complexity index is 841. The van der Waals surface area contributed by atoms with Gasteiger partial charge in [-0.1, -0.05) is 0 Å². The molecule has 0 bridgehead atoms. The van der Waals surface area contributed by atoms with Crippen LogP contribution in [0.1, 0.15) is 22.8 Å². The minimum atomic E-state index is -0.665. The lowest BCUT2D eigenvalue weighted by molar-refractivity contribution is -0.00593. The molecule has 2 heterocycles. The van der Waals surface area contributed by atoms with E-state index in [0.717, 1.165) is 0 Å². The molecule has 3 atom stereocenters. The Hall–Kier alpha value is -2.94. The highest BCUT2D eigenvalue weighted by Crippen LogP contribution is 2.32. The number of urea groups is 1. The Morgan fingerprint density at radius 2 is 2.27 bits per heavy atom. The number of rotatable bonds is 4. The van der Waals surface area contributed by atoms with E-state index in [1.165, 1.54) is 23.1 Å². The smallest absolute Gasteiger partial charge is 0.321 e. The van der Waals surface area contributed by atoms with Crippen molar-refractivity contribution < 1.29 is 19.1 Å². The summed E-state index contributed by atoms with van der Waals surface area (Å²) in [5.74, 6) is -1.25. The monoisotopic (exact) mass is 359 g/mol. The van der Waals surface area contributed by atoms with E-state index in [0.29, 0.717) is 25.2 Å². The van der Waals surface area contributed by atoms with Gasteiger partial charge in [0, 0.05) is 31.2 Å². The molecular formula is C17H18FN5O3. The number of hydrogen-bond acceptors (Lipinski definition) is 4. The molecule has 1 aromatic carbocycles. The van der Waals surface area contributed by atoms with Crippen LogP contribution in [0, 0.1) is 5.82 Å². The SMILES string of the molecule is O=C(N[C@H]1C[C@@H](O)[C@@H]1n1cccn1)c1cc(N2CCNC2=O)ccc1F. The first-order valence-corrected chi connectivity index (χ1v) is 8.37. The molecule has 0 spiro atoms. The van der Waals surface area contributed by atoms with Crippen molar-refractivity contribution in [1.29, 1.82) is 0 Å². The van der Waals surface area contributed by atoms with E-state index in [2.05, 4.69) is 15.7 Å². The zero-order chi connectivity index (χ0) is 18.3. The number of hydrogen-bond donors (Lipinski definition) is 3. The predicted octanol–water partition coefficient (Wildman–Crippen LogP) is 0.656. The Kier molecular flexibility index (Phi) is 4.08. The summed E-state index contributed by atoms with van der Waals surface area (Å²) in [7, 11) is 0. The number of aliphatic hydroxyl groups excluding tert-OH is 1. The molecule has 136 valence electrons. The molecule has 1 saturated heterocycles. The van der Waals surface area contributed by atoms with Crippen LogP contribution in [0.25, 0.3) is 0 Å². The zero-order valence-corrected chi connectivity index (χ0v) is 13.8. The number of amides is 3. The van der Waals surface area contributed by atoms with Gasteiger partial charge in [-0.05, 0) is 30.7 Å². The number of nitrogens with one attached hydrogen (secondary N) is 2. The zero-order valence-electron chi connectivity index (χ0n) is 13.8. The van der Waals surface area contributed by atoms with Crippen molar-refractivity contribution in [2.24, 2.45) is 0 Å². The average Bonchev–Trinajstić information content (AvgIpc) is 3.26. The van der Waals surface area contributed by atoms with Crippen LogP contribution in [0.15, 0.2) is 36.7 Å². The number of carbonyl (C=O) groups excluding carboxylic acids is 2.